The Morgan fingerprint density at radius 1 is 1.59 bits per heavy atom. The summed E-state index contributed by atoms with van der Waals surface area (Å²) < 4.78 is 6.05. The molecule has 0 saturated carbocycles. The number of fused-ring (bicyclic) bond motifs is 1. The SMILES string of the molecule is CCN(C(=O)C(N)COC)C1CCSc2ccc(Br)cc21.Cl. The quantitative estimate of drug-likeness (QED) is 0.811. The Kier molecular flexibility index (Phi) is 8.21. The Hall–Kier alpha value is -0.270. The molecule has 2 rings (SSSR count). The number of nitrogens with zero attached hydrogens (tertiary/aromatic N) is 1. The zero-order chi connectivity index (χ0) is 15.4. The number of halogens is 2. The van der Waals surface area contributed by atoms with E-state index in [-0.39, 0.29) is 31.0 Å². The highest BCUT2D eigenvalue weighted by molar-refractivity contribution is 9.10. The van der Waals surface area contributed by atoms with Gasteiger partial charge in [-0.3, -0.25) is 4.79 Å². The van der Waals surface area contributed by atoms with E-state index in [1.165, 1.54) is 10.5 Å². The fourth-order valence-corrected chi connectivity index (χ4v) is 4.13. The van der Waals surface area contributed by atoms with Gasteiger partial charge in [0.15, 0.2) is 0 Å². The summed E-state index contributed by atoms with van der Waals surface area (Å²) in [7, 11) is 1.56. The number of rotatable bonds is 5. The Bertz CT molecular complexity index is 518. The van der Waals surface area contributed by atoms with Crippen LogP contribution in [-0.4, -0.2) is 42.9 Å². The second kappa shape index (κ2) is 9.13. The number of carbonyl (C=O) groups excluding carboxylic acids is 1. The minimum Gasteiger partial charge on any atom is -0.383 e. The Morgan fingerprint density at radius 3 is 2.95 bits per heavy atom. The molecular formula is C15H22BrClN2O2S. The van der Waals surface area contributed by atoms with Crippen molar-refractivity contribution in [3.05, 3.63) is 28.2 Å². The lowest BCUT2D eigenvalue weighted by atomic mass is 10.0. The molecule has 0 radical (unpaired) electrons. The molecule has 1 heterocycles. The number of thioether (sulfide) groups is 1. The van der Waals surface area contributed by atoms with Crippen LogP contribution >= 0.6 is 40.1 Å². The van der Waals surface area contributed by atoms with Gasteiger partial charge in [0.05, 0.1) is 12.6 Å². The number of hydrogen-bond acceptors (Lipinski definition) is 4. The van der Waals surface area contributed by atoms with Gasteiger partial charge in [0.25, 0.3) is 0 Å². The normalized spacial score (nSPS) is 18.1. The van der Waals surface area contributed by atoms with Crippen LogP contribution in [0.2, 0.25) is 0 Å². The maximum atomic E-state index is 12.6. The summed E-state index contributed by atoms with van der Waals surface area (Å²) in [4.78, 5) is 15.7. The van der Waals surface area contributed by atoms with Gasteiger partial charge in [-0.15, -0.1) is 24.2 Å². The molecule has 0 aliphatic carbocycles. The van der Waals surface area contributed by atoms with E-state index < -0.39 is 6.04 Å². The molecule has 124 valence electrons. The van der Waals surface area contributed by atoms with Crippen molar-refractivity contribution >= 4 is 46.0 Å². The van der Waals surface area contributed by atoms with Gasteiger partial charge < -0.3 is 15.4 Å². The van der Waals surface area contributed by atoms with Crippen molar-refractivity contribution in [2.45, 2.75) is 30.3 Å². The molecule has 22 heavy (non-hydrogen) atoms. The van der Waals surface area contributed by atoms with Crippen LogP contribution in [0.15, 0.2) is 27.6 Å². The highest BCUT2D eigenvalue weighted by atomic mass is 79.9. The molecule has 1 aromatic rings. The van der Waals surface area contributed by atoms with Crippen LogP contribution in [0.25, 0.3) is 0 Å². The van der Waals surface area contributed by atoms with E-state index in [0.29, 0.717) is 6.54 Å². The minimum absolute atomic E-state index is 0. The van der Waals surface area contributed by atoms with Gasteiger partial charge in [-0.2, -0.15) is 0 Å². The highest BCUT2D eigenvalue weighted by Gasteiger charge is 2.31. The third-order valence-electron chi connectivity index (χ3n) is 3.64. The lowest BCUT2D eigenvalue weighted by Gasteiger charge is -2.36. The summed E-state index contributed by atoms with van der Waals surface area (Å²) in [5.41, 5.74) is 7.14. The number of likely N-dealkylation sites (N-methyl/N-ethyl adjacent to an activating group) is 1. The largest absolute Gasteiger partial charge is 0.383 e. The van der Waals surface area contributed by atoms with E-state index in [1.54, 1.807) is 7.11 Å². The second-order valence-electron chi connectivity index (χ2n) is 5.02. The molecule has 1 aliphatic rings. The van der Waals surface area contributed by atoms with Gasteiger partial charge in [0, 0.05) is 28.8 Å². The summed E-state index contributed by atoms with van der Waals surface area (Å²) in [6, 6.07) is 5.77. The first-order valence-corrected chi connectivity index (χ1v) is 8.83. The number of benzene rings is 1. The molecule has 0 saturated heterocycles. The summed E-state index contributed by atoms with van der Waals surface area (Å²) in [6.45, 7) is 2.90. The molecule has 2 atom stereocenters. The zero-order valence-corrected chi connectivity index (χ0v) is 16.0. The number of methoxy groups -OCH3 is 1. The third-order valence-corrected chi connectivity index (χ3v) is 5.26. The van der Waals surface area contributed by atoms with Crippen LogP contribution in [0.1, 0.15) is 24.9 Å². The smallest absolute Gasteiger partial charge is 0.242 e. The van der Waals surface area contributed by atoms with E-state index in [1.807, 2.05) is 29.7 Å². The predicted octanol–water partition coefficient (Wildman–Crippen LogP) is 3.23. The number of amides is 1. The molecule has 2 unspecified atom stereocenters. The van der Waals surface area contributed by atoms with E-state index in [0.717, 1.165) is 16.6 Å². The Labute approximate surface area is 150 Å². The monoisotopic (exact) mass is 408 g/mol. The van der Waals surface area contributed by atoms with Crippen LogP contribution in [-0.2, 0) is 9.53 Å². The maximum absolute atomic E-state index is 12.6. The van der Waals surface area contributed by atoms with Crippen molar-refractivity contribution < 1.29 is 9.53 Å². The van der Waals surface area contributed by atoms with E-state index in [4.69, 9.17) is 10.5 Å². The van der Waals surface area contributed by atoms with Crippen molar-refractivity contribution in [3.63, 3.8) is 0 Å². The second-order valence-corrected chi connectivity index (χ2v) is 7.07. The topological polar surface area (TPSA) is 55.6 Å². The van der Waals surface area contributed by atoms with Crippen molar-refractivity contribution in [1.82, 2.24) is 4.90 Å². The fourth-order valence-electron chi connectivity index (χ4n) is 2.66. The summed E-state index contributed by atoms with van der Waals surface area (Å²) in [5.74, 6) is 0.977. The molecule has 2 N–H and O–H groups in total. The maximum Gasteiger partial charge on any atom is 0.242 e. The van der Waals surface area contributed by atoms with Crippen molar-refractivity contribution in [3.8, 4) is 0 Å². The van der Waals surface area contributed by atoms with Crippen molar-refractivity contribution in [2.24, 2.45) is 5.73 Å². The minimum atomic E-state index is -0.597. The predicted molar refractivity (Wildman–Crippen MR) is 96.7 cm³/mol. The van der Waals surface area contributed by atoms with Gasteiger partial charge in [0.1, 0.15) is 6.04 Å². The molecule has 0 fully saturated rings. The highest BCUT2D eigenvalue weighted by Crippen LogP contribution is 2.40. The van der Waals surface area contributed by atoms with Gasteiger partial charge in [-0.1, -0.05) is 15.9 Å². The average Bonchev–Trinajstić information content (AvgIpc) is 2.48. The van der Waals surface area contributed by atoms with Gasteiger partial charge in [0.2, 0.25) is 5.91 Å². The van der Waals surface area contributed by atoms with Crippen LogP contribution in [0.5, 0.6) is 0 Å². The lowest BCUT2D eigenvalue weighted by molar-refractivity contribution is -0.136. The molecule has 1 amide bonds. The van der Waals surface area contributed by atoms with Crippen LogP contribution in [0.4, 0.5) is 0 Å². The molecule has 7 heteroatoms. The lowest BCUT2D eigenvalue weighted by Crippen LogP contribution is -2.48. The molecule has 1 aliphatic heterocycles. The van der Waals surface area contributed by atoms with Gasteiger partial charge in [-0.05, 0) is 37.1 Å². The molecule has 0 spiro atoms. The van der Waals surface area contributed by atoms with Crippen LogP contribution in [0, 0.1) is 0 Å². The Balaban J connectivity index is 0.00000242. The van der Waals surface area contributed by atoms with Crippen LogP contribution < -0.4 is 5.73 Å². The first-order chi connectivity index (χ1) is 10.1. The van der Waals surface area contributed by atoms with Crippen molar-refractivity contribution in [2.75, 3.05) is 26.0 Å². The average molecular weight is 410 g/mol. The van der Waals surface area contributed by atoms with Gasteiger partial charge in [-0.25, -0.2) is 0 Å². The Morgan fingerprint density at radius 2 is 2.32 bits per heavy atom. The number of ether oxygens (including phenoxy) is 1. The molecular weight excluding hydrogens is 388 g/mol. The standard InChI is InChI=1S/C15H21BrN2O2S.ClH/c1-3-18(15(19)12(17)9-20-2)13-6-7-21-14-5-4-10(16)8-11(13)14;/h4-5,8,12-13H,3,6-7,9,17H2,1-2H3;1H. The molecule has 4 nitrogen and oxygen atoms in total. The third kappa shape index (κ3) is 4.38. The van der Waals surface area contributed by atoms with Gasteiger partial charge >= 0.3 is 0 Å². The fraction of sp³-hybridized carbons (Fsp3) is 0.533. The summed E-state index contributed by atoms with van der Waals surface area (Å²) in [6.07, 6.45) is 0.952. The molecule has 0 bridgehead atoms. The van der Waals surface area contributed by atoms with Crippen LogP contribution in [0.3, 0.4) is 0 Å². The first-order valence-electron chi connectivity index (χ1n) is 7.05. The van der Waals surface area contributed by atoms with Crippen molar-refractivity contribution in [1.29, 1.82) is 0 Å². The van der Waals surface area contributed by atoms with E-state index in [9.17, 15) is 4.79 Å². The number of nitrogens with two attached hydrogens (primary N) is 1. The molecule has 0 aromatic heterocycles. The number of carbonyl (C=O) groups is 1. The van der Waals surface area contributed by atoms with E-state index in [2.05, 4.69) is 28.1 Å². The van der Waals surface area contributed by atoms with E-state index >= 15 is 0 Å². The molecule has 1 aromatic carbocycles. The number of hydrogen-bond donors (Lipinski definition) is 1. The summed E-state index contributed by atoms with van der Waals surface area (Å²) >= 11 is 5.37. The first kappa shape index (κ1) is 19.8. The summed E-state index contributed by atoms with van der Waals surface area (Å²) in [5, 5.41) is 0. The zero-order valence-electron chi connectivity index (χ0n) is 12.8.